The molecule has 0 aromatic rings. The van der Waals surface area contributed by atoms with Crippen molar-refractivity contribution in [3.05, 3.63) is 11.7 Å². The second kappa shape index (κ2) is 8.66. The Morgan fingerprint density at radius 1 is 0.833 bits per heavy atom. The first kappa shape index (κ1) is 19.7. The van der Waals surface area contributed by atoms with Crippen molar-refractivity contribution >= 4 is 0 Å². The van der Waals surface area contributed by atoms with Gasteiger partial charge in [-0.15, -0.1) is 0 Å². The van der Waals surface area contributed by atoms with Crippen LogP contribution in [0.2, 0.25) is 0 Å². The Labute approximate surface area is 141 Å². The van der Waals surface area contributed by atoms with Crippen LogP contribution in [0.4, 0.5) is 22.0 Å². The largest absolute Gasteiger partial charge is 0.445 e. The number of halogens is 5. The number of allylic oxidation sites excluding steroid dienone is 2. The fraction of sp³-hybridized carbons (Fsp3) is 0.895. The van der Waals surface area contributed by atoms with Crippen LogP contribution in [-0.2, 0) is 0 Å². The van der Waals surface area contributed by atoms with E-state index in [1.807, 2.05) is 0 Å². The summed E-state index contributed by atoms with van der Waals surface area (Å²) in [5.41, 5.74) is 0. The van der Waals surface area contributed by atoms with Crippen LogP contribution in [0.3, 0.4) is 0 Å². The molecule has 2 fully saturated rings. The summed E-state index contributed by atoms with van der Waals surface area (Å²) in [6, 6.07) is 0. The van der Waals surface area contributed by atoms with E-state index >= 15 is 0 Å². The van der Waals surface area contributed by atoms with E-state index in [-0.39, 0.29) is 0 Å². The molecule has 140 valence electrons. The minimum Gasteiger partial charge on any atom is -0.208 e. The van der Waals surface area contributed by atoms with Gasteiger partial charge in [-0.2, -0.15) is 17.6 Å². The summed E-state index contributed by atoms with van der Waals surface area (Å²) in [4.78, 5) is 0. The van der Waals surface area contributed by atoms with Crippen molar-refractivity contribution in [2.45, 2.75) is 83.7 Å². The maximum Gasteiger partial charge on any atom is 0.445 e. The third kappa shape index (κ3) is 5.19. The lowest BCUT2D eigenvalue weighted by atomic mass is 9.68. The normalized spacial score (nSPS) is 33.2. The average molecular weight is 352 g/mol. The fourth-order valence-corrected chi connectivity index (χ4v) is 4.60. The highest BCUT2D eigenvalue weighted by atomic mass is 19.4. The Kier molecular flexibility index (Phi) is 7.11. The maximum atomic E-state index is 13.7. The van der Waals surface area contributed by atoms with Gasteiger partial charge in [0.2, 0.25) is 5.83 Å². The summed E-state index contributed by atoms with van der Waals surface area (Å²) < 4.78 is 63.6. The van der Waals surface area contributed by atoms with Crippen LogP contribution in [0.5, 0.6) is 0 Å². The van der Waals surface area contributed by atoms with Crippen molar-refractivity contribution in [3.63, 3.8) is 0 Å². The Morgan fingerprint density at radius 2 is 1.33 bits per heavy atom. The zero-order valence-electron chi connectivity index (χ0n) is 14.5. The van der Waals surface area contributed by atoms with Gasteiger partial charge in [0.25, 0.3) is 0 Å². The van der Waals surface area contributed by atoms with E-state index in [9.17, 15) is 22.0 Å². The lowest BCUT2D eigenvalue weighted by molar-refractivity contribution is -0.112. The summed E-state index contributed by atoms with van der Waals surface area (Å²) >= 11 is 0. The van der Waals surface area contributed by atoms with Crippen molar-refractivity contribution in [2.24, 2.45) is 23.7 Å². The second-order valence-electron chi connectivity index (χ2n) is 7.69. The van der Waals surface area contributed by atoms with Gasteiger partial charge in [0.15, 0.2) is 0 Å². The van der Waals surface area contributed by atoms with Crippen LogP contribution in [0, 0.1) is 23.7 Å². The quantitative estimate of drug-likeness (QED) is 0.449. The van der Waals surface area contributed by atoms with Crippen molar-refractivity contribution < 1.29 is 22.0 Å². The molecule has 24 heavy (non-hydrogen) atoms. The molecule has 0 N–H and O–H groups in total. The molecule has 0 amide bonds. The predicted molar refractivity (Wildman–Crippen MR) is 85.7 cm³/mol. The number of hydrogen-bond donors (Lipinski definition) is 0. The molecule has 2 aliphatic carbocycles. The standard InChI is InChI=1S/C19H29F5/c1-2-3-4-13-5-7-14(8-6-13)15-9-11-16(12-10-15)17(20)18(21)19(22,23)24/h13-16H,2-12H2,1H3/b18-17+. The lowest BCUT2D eigenvalue weighted by Gasteiger charge is -2.37. The summed E-state index contributed by atoms with van der Waals surface area (Å²) in [7, 11) is 0. The molecule has 0 radical (unpaired) electrons. The van der Waals surface area contributed by atoms with E-state index in [1.165, 1.54) is 44.9 Å². The average Bonchev–Trinajstić information content (AvgIpc) is 2.58. The molecule has 0 atom stereocenters. The SMILES string of the molecule is CCCCC1CCC(C2CCC(/C(F)=C(\F)C(F)(F)F)CC2)CC1. The first-order valence-corrected chi connectivity index (χ1v) is 9.45. The molecule has 0 heterocycles. The zero-order chi connectivity index (χ0) is 17.7. The maximum absolute atomic E-state index is 13.7. The summed E-state index contributed by atoms with van der Waals surface area (Å²) in [5, 5.41) is 0. The zero-order valence-corrected chi connectivity index (χ0v) is 14.5. The van der Waals surface area contributed by atoms with E-state index in [4.69, 9.17) is 0 Å². The molecule has 5 heteroatoms. The predicted octanol–water partition coefficient (Wildman–Crippen LogP) is 7.50. The monoisotopic (exact) mass is 352 g/mol. The molecule has 2 saturated carbocycles. The third-order valence-corrected chi connectivity index (χ3v) is 6.11. The first-order chi connectivity index (χ1) is 11.3. The van der Waals surface area contributed by atoms with Crippen LogP contribution >= 0.6 is 0 Å². The molecule has 0 nitrogen and oxygen atoms in total. The molecule has 0 spiro atoms. The fourth-order valence-electron chi connectivity index (χ4n) is 4.60. The molecular formula is C19H29F5. The van der Waals surface area contributed by atoms with Gasteiger partial charge in [-0.3, -0.25) is 0 Å². The van der Waals surface area contributed by atoms with E-state index in [2.05, 4.69) is 6.92 Å². The Hall–Kier alpha value is -0.610. The molecule has 0 aromatic heterocycles. The number of hydrogen-bond acceptors (Lipinski definition) is 0. The Morgan fingerprint density at radius 3 is 1.79 bits per heavy atom. The third-order valence-electron chi connectivity index (χ3n) is 6.11. The van der Waals surface area contributed by atoms with Crippen LogP contribution in [-0.4, -0.2) is 6.18 Å². The van der Waals surface area contributed by atoms with Gasteiger partial charge < -0.3 is 0 Å². The van der Waals surface area contributed by atoms with Gasteiger partial charge in [0, 0.05) is 5.92 Å². The van der Waals surface area contributed by atoms with E-state index < -0.39 is 23.7 Å². The molecule has 2 rings (SSSR count). The van der Waals surface area contributed by atoms with Gasteiger partial charge >= 0.3 is 6.18 Å². The highest BCUT2D eigenvalue weighted by Crippen LogP contribution is 2.45. The summed E-state index contributed by atoms with van der Waals surface area (Å²) in [5.74, 6) is -3.05. The number of unbranched alkanes of at least 4 members (excludes halogenated alkanes) is 1. The van der Waals surface area contributed by atoms with Crippen molar-refractivity contribution in [1.29, 1.82) is 0 Å². The van der Waals surface area contributed by atoms with E-state index in [1.54, 1.807) is 0 Å². The molecule has 2 aliphatic rings. The Balaban J connectivity index is 1.79. The molecule has 0 bridgehead atoms. The van der Waals surface area contributed by atoms with Gasteiger partial charge in [-0.25, -0.2) is 4.39 Å². The van der Waals surface area contributed by atoms with Crippen LogP contribution in [0.15, 0.2) is 11.7 Å². The Bertz CT molecular complexity index is 410. The summed E-state index contributed by atoms with van der Waals surface area (Å²) in [6.07, 6.45) is 5.67. The van der Waals surface area contributed by atoms with E-state index in [0.717, 1.165) is 18.8 Å². The minimum absolute atomic E-state index is 0.343. The van der Waals surface area contributed by atoms with Gasteiger partial charge in [-0.1, -0.05) is 39.0 Å². The molecular weight excluding hydrogens is 323 g/mol. The molecule has 0 saturated heterocycles. The van der Waals surface area contributed by atoms with Crippen molar-refractivity contribution in [1.82, 2.24) is 0 Å². The minimum atomic E-state index is -5.20. The first-order valence-electron chi connectivity index (χ1n) is 9.45. The molecule has 0 unspecified atom stereocenters. The summed E-state index contributed by atoms with van der Waals surface area (Å²) in [6.45, 7) is 2.21. The van der Waals surface area contributed by atoms with Crippen LogP contribution < -0.4 is 0 Å². The highest BCUT2D eigenvalue weighted by molar-refractivity contribution is 5.10. The molecule has 0 aliphatic heterocycles. The smallest absolute Gasteiger partial charge is 0.208 e. The van der Waals surface area contributed by atoms with Gasteiger partial charge in [-0.05, 0) is 56.3 Å². The second-order valence-corrected chi connectivity index (χ2v) is 7.69. The van der Waals surface area contributed by atoms with Crippen molar-refractivity contribution in [2.75, 3.05) is 0 Å². The molecule has 0 aromatic carbocycles. The highest BCUT2D eigenvalue weighted by Gasteiger charge is 2.41. The number of rotatable bonds is 5. The van der Waals surface area contributed by atoms with Gasteiger partial charge in [0.1, 0.15) is 5.83 Å². The van der Waals surface area contributed by atoms with Gasteiger partial charge in [0.05, 0.1) is 0 Å². The van der Waals surface area contributed by atoms with Crippen LogP contribution in [0.25, 0.3) is 0 Å². The van der Waals surface area contributed by atoms with E-state index in [0.29, 0.717) is 24.7 Å². The van der Waals surface area contributed by atoms with Crippen LogP contribution in [0.1, 0.15) is 77.6 Å². The van der Waals surface area contributed by atoms with Crippen molar-refractivity contribution in [3.8, 4) is 0 Å². The topological polar surface area (TPSA) is 0 Å². The number of alkyl halides is 3. The lowest BCUT2D eigenvalue weighted by Crippen LogP contribution is -2.26.